The Balaban J connectivity index is 1.81. The highest BCUT2D eigenvalue weighted by molar-refractivity contribution is 5.94. The van der Waals surface area contributed by atoms with Crippen molar-refractivity contribution in [2.24, 2.45) is 5.92 Å². The zero-order chi connectivity index (χ0) is 21.5. The minimum atomic E-state index is -1.35. The number of hydrogen-bond acceptors (Lipinski definition) is 4. The highest BCUT2D eigenvalue weighted by Crippen LogP contribution is 2.44. The number of H-pyrrole nitrogens is 2. The molecule has 3 aromatic rings. The van der Waals surface area contributed by atoms with Crippen molar-refractivity contribution in [3.8, 4) is 0 Å². The first-order chi connectivity index (χ1) is 14.3. The van der Waals surface area contributed by atoms with Gasteiger partial charge in [-0.15, -0.1) is 0 Å². The molecule has 30 heavy (non-hydrogen) atoms. The molecule has 3 unspecified atom stereocenters. The van der Waals surface area contributed by atoms with Gasteiger partial charge in [0, 0.05) is 49.1 Å². The number of benzene rings is 2. The van der Waals surface area contributed by atoms with E-state index in [1.165, 1.54) is 0 Å². The summed E-state index contributed by atoms with van der Waals surface area (Å²) in [7, 11) is 3.90. The van der Waals surface area contributed by atoms with Crippen molar-refractivity contribution in [2.45, 2.75) is 24.9 Å². The van der Waals surface area contributed by atoms with Crippen LogP contribution in [0.4, 0.5) is 11.4 Å². The Kier molecular flexibility index (Phi) is 4.99. The lowest BCUT2D eigenvalue weighted by atomic mass is 9.66. The van der Waals surface area contributed by atoms with Crippen LogP contribution in [-0.2, 0) is 11.2 Å². The van der Waals surface area contributed by atoms with Crippen LogP contribution in [0, 0.1) is 5.92 Å². The summed E-state index contributed by atoms with van der Waals surface area (Å²) in [5, 5.41) is 19.7. The Morgan fingerprint density at radius 2 is 1.77 bits per heavy atom. The van der Waals surface area contributed by atoms with Gasteiger partial charge in [-0.05, 0) is 36.8 Å². The smallest absolute Gasteiger partial charge is 0.267 e. The first-order valence-corrected chi connectivity index (χ1v) is 9.93. The van der Waals surface area contributed by atoms with E-state index in [0.717, 1.165) is 11.3 Å². The lowest BCUT2D eigenvalue weighted by Crippen LogP contribution is -2.51. The number of para-hydroxylation sites is 1. The Bertz CT molecular complexity index is 1100. The summed E-state index contributed by atoms with van der Waals surface area (Å²) in [5.41, 5.74) is 1.99. The van der Waals surface area contributed by atoms with E-state index in [1.54, 1.807) is 19.1 Å². The van der Waals surface area contributed by atoms with Gasteiger partial charge >= 0.3 is 0 Å². The predicted octanol–water partition coefficient (Wildman–Crippen LogP) is 2.46. The molecule has 1 aromatic heterocycles. The molecule has 0 saturated carbocycles. The van der Waals surface area contributed by atoms with Crippen molar-refractivity contribution in [1.82, 2.24) is 10.2 Å². The molecule has 0 fully saturated rings. The van der Waals surface area contributed by atoms with Gasteiger partial charge in [-0.2, -0.15) is 0 Å². The standard InChI is InChI=1S/C23H26N4O3/c1-23(30)13-17-19(21(28)26-25-17)18(14-9-11-16(12-10-14)27(2)3)20(23)22(29)24-15-7-5-4-6-8-15/h4-12,18,20,30H,13H2,1-3H3,(H,24,29)(H2,25,26,28). The normalized spacial score (nSPS) is 22.9. The average Bonchev–Trinajstić information content (AvgIpc) is 3.06. The van der Waals surface area contributed by atoms with Gasteiger partial charge in [0.2, 0.25) is 5.91 Å². The predicted molar refractivity (Wildman–Crippen MR) is 117 cm³/mol. The fourth-order valence-corrected chi connectivity index (χ4v) is 4.38. The van der Waals surface area contributed by atoms with Crippen LogP contribution in [-0.4, -0.2) is 40.9 Å². The number of amides is 1. The molecular formula is C23H26N4O3. The molecule has 0 spiro atoms. The fourth-order valence-electron chi connectivity index (χ4n) is 4.38. The Labute approximate surface area is 174 Å². The van der Waals surface area contributed by atoms with Crippen molar-refractivity contribution in [2.75, 3.05) is 24.3 Å². The third-order valence-electron chi connectivity index (χ3n) is 5.84. The number of aliphatic hydroxyl groups is 1. The van der Waals surface area contributed by atoms with Crippen LogP contribution in [0.2, 0.25) is 0 Å². The number of aromatic nitrogens is 2. The molecule has 0 bridgehead atoms. The molecule has 0 aliphatic heterocycles. The molecule has 1 aliphatic rings. The Hall–Kier alpha value is -3.32. The summed E-state index contributed by atoms with van der Waals surface area (Å²) in [6.07, 6.45) is 0.181. The minimum Gasteiger partial charge on any atom is -0.389 e. The molecule has 1 heterocycles. The quantitative estimate of drug-likeness (QED) is 0.535. The number of nitrogens with zero attached hydrogens (tertiary/aromatic N) is 1. The van der Waals surface area contributed by atoms with E-state index in [9.17, 15) is 14.7 Å². The van der Waals surface area contributed by atoms with Gasteiger partial charge in [-0.3, -0.25) is 14.7 Å². The second kappa shape index (κ2) is 7.50. The maximum atomic E-state index is 13.4. The topological polar surface area (TPSA) is 101 Å². The molecular weight excluding hydrogens is 380 g/mol. The van der Waals surface area contributed by atoms with Crippen molar-refractivity contribution < 1.29 is 9.90 Å². The largest absolute Gasteiger partial charge is 0.389 e. The van der Waals surface area contributed by atoms with Crippen molar-refractivity contribution >= 4 is 17.3 Å². The second-order valence-electron chi connectivity index (χ2n) is 8.30. The Morgan fingerprint density at radius 1 is 1.10 bits per heavy atom. The van der Waals surface area contributed by atoms with Crippen LogP contribution < -0.4 is 15.8 Å². The van der Waals surface area contributed by atoms with E-state index in [-0.39, 0.29) is 17.9 Å². The molecule has 3 atom stereocenters. The fraction of sp³-hybridized carbons (Fsp3) is 0.304. The lowest BCUT2D eigenvalue weighted by molar-refractivity contribution is -0.130. The monoisotopic (exact) mass is 406 g/mol. The molecule has 0 radical (unpaired) electrons. The van der Waals surface area contributed by atoms with Crippen molar-refractivity contribution in [3.05, 3.63) is 81.8 Å². The van der Waals surface area contributed by atoms with Gasteiger partial charge in [-0.1, -0.05) is 30.3 Å². The summed E-state index contributed by atoms with van der Waals surface area (Å²) in [4.78, 5) is 28.0. The lowest BCUT2D eigenvalue weighted by Gasteiger charge is -2.41. The van der Waals surface area contributed by atoms with E-state index in [4.69, 9.17) is 0 Å². The molecule has 2 aromatic carbocycles. The summed E-state index contributed by atoms with van der Waals surface area (Å²) < 4.78 is 0. The average molecular weight is 406 g/mol. The summed E-state index contributed by atoms with van der Waals surface area (Å²) in [6.45, 7) is 1.65. The van der Waals surface area contributed by atoms with Gasteiger partial charge in [0.05, 0.1) is 11.5 Å². The van der Waals surface area contributed by atoms with Crippen LogP contribution in [0.1, 0.15) is 29.7 Å². The highest BCUT2D eigenvalue weighted by Gasteiger charge is 2.50. The Morgan fingerprint density at radius 3 is 2.40 bits per heavy atom. The molecule has 156 valence electrons. The van der Waals surface area contributed by atoms with Crippen LogP contribution in [0.25, 0.3) is 0 Å². The third kappa shape index (κ3) is 3.52. The van der Waals surface area contributed by atoms with Gasteiger partial charge in [0.25, 0.3) is 5.56 Å². The van der Waals surface area contributed by atoms with Gasteiger partial charge in [0.1, 0.15) is 0 Å². The molecule has 1 amide bonds. The van der Waals surface area contributed by atoms with E-state index in [1.807, 2.05) is 61.5 Å². The zero-order valence-electron chi connectivity index (χ0n) is 17.3. The summed E-state index contributed by atoms with van der Waals surface area (Å²) in [6, 6.07) is 16.9. The molecule has 1 aliphatic carbocycles. The molecule has 7 heteroatoms. The van der Waals surface area contributed by atoms with E-state index in [2.05, 4.69) is 15.5 Å². The molecule has 7 nitrogen and oxygen atoms in total. The molecule has 4 N–H and O–H groups in total. The van der Waals surface area contributed by atoms with E-state index >= 15 is 0 Å². The van der Waals surface area contributed by atoms with Gasteiger partial charge < -0.3 is 20.4 Å². The van der Waals surface area contributed by atoms with E-state index in [0.29, 0.717) is 16.9 Å². The third-order valence-corrected chi connectivity index (χ3v) is 5.84. The van der Waals surface area contributed by atoms with E-state index < -0.39 is 17.4 Å². The maximum Gasteiger partial charge on any atom is 0.267 e. The van der Waals surface area contributed by atoms with Gasteiger partial charge in [-0.25, -0.2) is 0 Å². The first kappa shape index (κ1) is 20.0. The number of carbonyl (C=O) groups is 1. The maximum absolute atomic E-state index is 13.4. The second-order valence-corrected chi connectivity index (χ2v) is 8.30. The number of aromatic amines is 2. The van der Waals surface area contributed by atoms with Crippen molar-refractivity contribution in [1.29, 1.82) is 0 Å². The van der Waals surface area contributed by atoms with Crippen LogP contribution >= 0.6 is 0 Å². The molecule has 0 saturated heterocycles. The number of anilines is 2. The zero-order valence-corrected chi connectivity index (χ0v) is 17.3. The first-order valence-electron chi connectivity index (χ1n) is 9.93. The summed E-state index contributed by atoms with van der Waals surface area (Å²) >= 11 is 0. The minimum absolute atomic E-state index is 0.181. The number of carbonyl (C=O) groups excluding carboxylic acids is 1. The summed E-state index contributed by atoms with van der Waals surface area (Å²) in [5.74, 6) is -1.75. The number of fused-ring (bicyclic) bond motifs is 1. The number of rotatable bonds is 4. The van der Waals surface area contributed by atoms with Crippen LogP contribution in [0.5, 0.6) is 0 Å². The van der Waals surface area contributed by atoms with Crippen LogP contribution in [0.3, 0.4) is 0 Å². The van der Waals surface area contributed by atoms with Gasteiger partial charge in [0.15, 0.2) is 0 Å². The number of nitrogens with one attached hydrogen (secondary N) is 3. The SMILES string of the molecule is CN(C)c1ccc(C2c3c([nH][nH]c3=O)CC(C)(O)C2C(=O)Nc2ccccc2)cc1. The number of hydrogen-bond donors (Lipinski definition) is 4. The highest BCUT2D eigenvalue weighted by atomic mass is 16.3. The van der Waals surface area contributed by atoms with Crippen molar-refractivity contribution in [3.63, 3.8) is 0 Å². The van der Waals surface area contributed by atoms with Crippen LogP contribution in [0.15, 0.2) is 59.4 Å². The molecule has 4 rings (SSSR count).